The van der Waals surface area contributed by atoms with E-state index in [1.807, 2.05) is 6.92 Å². The summed E-state index contributed by atoms with van der Waals surface area (Å²) in [6, 6.07) is 4.50. The van der Waals surface area contributed by atoms with Crippen molar-refractivity contribution in [3.63, 3.8) is 0 Å². The topological polar surface area (TPSA) is 72.2 Å². The second-order valence-electron chi connectivity index (χ2n) is 6.62. The van der Waals surface area contributed by atoms with Crippen molar-refractivity contribution in [3.05, 3.63) is 33.9 Å². The van der Waals surface area contributed by atoms with E-state index in [0.717, 1.165) is 5.56 Å². The molecule has 5 nitrogen and oxygen atoms in total. The summed E-state index contributed by atoms with van der Waals surface area (Å²) in [7, 11) is 0. The van der Waals surface area contributed by atoms with E-state index in [2.05, 4.69) is 33.0 Å². The monoisotopic (exact) mass is 276 g/mol. The van der Waals surface area contributed by atoms with Crippen molar-refractivity contribution in [2.45, 2.75) is 34.6 Å². The van der Waals surface area contributed by atoms with Gasteiger partial charge in [-0.3, -0.25) is 14.9 Å². The second kappa shape index (κ2) is 4.30. The third-order valence-corrected chi connectivity index (χ3v) is 4.97. The molecule has 1 fully saturated rings. The Hall–Kier alpha value is -1.91. The van der Waals surface area contributed by atoms with E-state index in [-0.39, 0.29) is 28.3 Å². The maximum atomic E-state index is 12.4. The zero-order chi connectivity index (χ0) is 15.3. The molecule has 1 amide bonds. The third-order valence-electron chi connectivity index (χ3n) is 4.97. The van der Waals surface area contributed by atoms with Crippen LogP contribution >= 0.6 is 0 Å². The van der Waals surface area contributed by atoms with E-state index in [1.165, 1.54) is 12.1 Å². The Bertz CT molecular complexity index is 577. The molecule has 0 heterocycles. The van der Waals surface area contributed by atoms with E-state index in [0.29, 0.717) is 5.69 Å². The van der Waals surface area contributed by atoms with Crippen LogP contribution in [0.3, 0.4) is 0 Å². The number of carbonyl (C=O) groups excluding carboxylic acids is 1. The number of rotatable bonds is 3. The smallest absolute Gasteiger partial charge is 0.271 e. The molecule has 1 saturated carbocycles. The van der Waals surface area contributed by atoms with Crippen LogP contribution in [0.1, 0.15) is 33.3 Å². The van der Waals surface area contributed by atoms with Gasteiger partial charge >= 0.3 is 0 Å². The summed E-state index contributed by atoms with van der Waals surface area (Å²) in [6.07, 6.45) is 0. The Balaban J connectivity index is 2.21. The average Bonchev–Trinajstić information content (AvgIpc) is 2.72. The predicted octanol–water partition coefficient (Wildman–Crippen LogP) is 3.52. The molecule has 108 valence electrons. The molecule has 1 aromatic carbocycles. The van der Waals surface area contributed by atoms with E-state index >= 15 is 0 Å². The number of benzene rings is 1. The summed E-state index contributed by atoms with van der Waals surface area (Å²) < 4.78 is 0. The molecule has 1 aliphatic carbocycles. The van der Waals surface area contributed by atoms with Crippen LogP contribution < -0.4 is 5.32 Å². The number of nitrogens with zero attached hydrogens (tertiary/aromatic N) is 1. The molecule has 5 heteroatoms. The molecule has 0 atom stereocenters. The summed E-state index contributed by atoms with van der Waals surface area (Å²) in [5, 5.41) is 13.6. The van der Waals surface area contributed by atoms with E-state index in [1.54, 1.807) is 6.07 Å². The van der Waals surface area contributed by atoms with Gasteiger partial charge in [-0.05, 0) is 23.3 Å². The van der Waals surface area contributed by atoms with Crippen LogP contribution in [-0.2, 0) is 4.79 Å². The van der Waals surface area contributed by atoms with Crippen LogP contribution in [-0.4, -0.2) is 10.8 Å². The minimum absolute atomic E-state index is 0.0137. The van der Waals surface area contributed by atoms with Crippen molar-refractivity contribution in [2.75, 3.05) is 5.32 Å². The Kier molecular flexibility index (Phi) is 3.11. The largest absolute Gasteiger partial charge is 0.325 e. The van der Waals surface area contributed by atoms with Crippen molar-refractivity contribution in [2.24, 2.45) is 16.7 Å². The molecule has 0 aromatic heterocycles. The standard InChI is InChI=1S/C15H20N2O3/c1-9-6-7-10(17(19)20)8-11(9)16-13(18)12-14(2,3)15(12,4)5/h6-8,12H,1-5H3,(H,16,18). The first-order valence-electron chi connectivity index (χ1n) is 6.65. The van der Waals surface area contributed by atoms with Gasteiger partial charge in [0.1, 0.15) is 0 Å². The van der Waals surface area contributed by atoms with Gasteiger partial charge in [0.2, 0.25) is 5.91 Å². The predicted molar refractivity (Wildman–Crippen MR) is 77.5 cm³/mol. The van der Waals surface area contributed by atoms with Crippen molar-refractivity contribution < 1.29 is 9.72 Å². The van der Waals surface area contributed by atoms with Crippen LogP contribution in [0.4, 0.5) is 11.4 Å². The van der Waals surface area contributed by atoms with Gasteiger partial charge in [0.15, 0.2) is 0 Å². The molecule has 0 bridgehead atoms. The lowest BCUT2D eigenvalue weighted by molar-refractivity contribution is -0.384. The summed E-state index contributed by atoms with van der Waals surface area (Å²) in [5.74, 6) is -0.141. The first-order chi connectivity index (χ1) is 9.09. The minimum atomic E-state index is -0.458. The summed E-state index contributed by atoms with van der Waals surface area (Å²) in [5.41, 5.74) is 1.22. The quantitative estimate of drug-likeness (QED) is 0.678. The fourth-order valence-corrected chi connectivity index (χ4v) is 2.91. The molecular formula is C15H20N2O3. The normalized spacial score (nSPS) is 19.4. The lowest BCUT2D eigenvalue weighted by atomic mass is 10.0. The summed E-state index contributed by atoms with van der Waals surface area (Å²) >= 11 is 0. The molecule has 1 N–H and O–H groups in total. The lowest BCUT2D eigenvalue weighted by Gasteiger charge is -2.09. The molecule has 2 rings (SSSR count). The molecular weight excluding hydrogens is 256 g/mol. The van der Waals surface area contributed by atoms with Crippen LogP contribution in [0.15, 0.2) is 18.2 Å². The molecule has 0 saturated heterocycles. The number of nitro groups is 1. The van der Waals surface area contributed by atoms with Crippen molar-refractivity contribution >= 4 is 17.3 Å². The molecule has 1 aliphatic rings. The number of nitrogens with one attached hydrogen (secondary N) is 1. The summed E-state index contributed by atoms with van der Waals surface area (Å²) in [4.78, 5) is 22.7. The van der Waals surface area contributed by atoms with Crippen LogP contribution in [0.2, 0.25) is 0 Å². The van der Waals surface area contributed by atoms with Crippen LogP contribution in [0.5, 0.6) is 0 Å². The molecule has 0 spiro atoms. The number of amides is 1. The first-order valence-corrected chi connectivity index (χ1v) is 6.65. The number of aryl methyl sites for hydroxylation is 1. The second-order valence-corrected chi connectivity index (χ2v) is 6.62. The van der Waals surface area contributed by atoms with Gasteiger partial charge in [-0.2, -0.15) is 0 Å². The number of anilines is 1. The minimum Gasteiger partial charge on any atom is -0.325 e. The van der Waals surface area contributed by atoms with Gasteiger partial charge < -0.3 is 5.32 Å². The van der Waals surface area contributed by atoms with Gasteiger partial charge in [-0.25, -0.2) is 0 Å². The van der Waals surface area contributed by atoms with Crippen molar-refractivity contribution in [1.82, 2.24) is 0 Å². The highest BCUT2D eigenvalue weighted by molar-refractivity contribution is 5.96. The number of hydrogen-bond donors (Lipinski definition) is 1. The average molecular weight is 276 g/mol. The number of nitro benzene ring substituents is 1. The summed E-state index contributed by atoms with van der Waals surface area (Å²) in [6.45, 7) is 10.1. The molecule has 1 aromatic rings. The first kappa shape index (κ1) is 14.5. The van der Waals surface area contributed by atoms with Crippen LogP contribution in [0, 0.1) is 33.8 Å². The van der Waals surface area contributed by atoms with Crippen LogP contribution in [0.25, 0.3) is 0 Å². The van der Waals surface area contributed by atoms with E-state index < -0.39 is 4.92 Å². The maximum Gasteiger partial charge on any atom is 0.271 e. The zero-order valence-electron chi connectivity index (χ0n) is 12.5. The Labute approximate surface area is 118 Å². The Morgan fingerprint density at radius 3 is 2.25 bits per heavy atom. The Morgan fingerprint density at radius 2 is 1.80 bits per heavy atom. The van der Waals surface area contributed by atoms with E-state index in [9.17, 15) is 14.9 Å². The molecule has 0 aliphatic heterocycles. The molecule has 0 unspecified atom stereocenters. The number of non-ortho nitro benzene ring substituents is 1. The highest BCUT2D eigenvalue weighted by atomic mass is 16.6. The number of carbonyl (C=O) groups is 1. The van der Waals surface area contributed by atoms with Crippen molar-refractivity contribution in [1.29, 1.82) is 0 Å². The highest BCUT2D eigenvalue weighted by Gasteiger charge is 2.68. The highest BCUT2D eigenvalue weighted by Crippen LogP contribution is 2.68. The van der Waals surface area contributed by atoms with Gasteiger partial charge in [-0.1, -0.05) is 33.8 Å². The van der Waals surface area contributed by atoms with Crippen molar-refractivity contribution in [3.8, 4) is 0 Å². The van der Waals surface area contributed by atoms with Gasteiger partial charge in [0.25, 0.3) is 5.69 Å². The number of hydrogen-bond acceptors (Lipinski definition) is 3. The van der Waals surface area contributed by atoms with Gasteiger partial charge in [-0.15, -0.1) is 0 Å². The SMILES string of the molecule is Cc1ccc([N+](=O)[O-])cc1NC(=O)C1C(C)(C)C1(C)C. The maximum absolute atomic E-state index is 12.4. The fourth-order valence-electron chi connectivity index (χ4n) is 2.91. The Morgan fingerprint density at radius 1 is 1.25 bits per heavy atom. The van der Waals surface area contributed by atoms with Gasteiger partial charge in [0, 0.05) is 18.1 Å². The van der Waals surface area contributed by atoms with E-state index in [4.69, 9.17) is 0 Å². The third kappa shape index (κ3) is 2.07. The fraction of sp³-hybridized carbons (Fsp3) is 0.533. The zero-order valence-corrected chi connectivity index (χ0v) is 12.5. The van der Waals surface area contributed by atoms with Gasteiger partial charge in [0.05, 0.1) is 10.6 Å². The molecule has 0 radical (unpaired) electrons. The lowest BCUT2D eigenvalue weighted by Crippen LogP contribution is -2.18. The molecule has 20 heavy (non-hydrogen) atoms.